The fraction of sp³-hybridized carbons (Fsp3) is 0.714. The predicted octanol–water partition coefficient (Wildman–Crippen LogP) is 1.66. The van der Waals surface area contributed by atoms with E-state index in [0.29, 0.717) is 0 Å². The van der Waals surface area contributed by atoms with Gasteiger partial charge in [0, 0.05) is 25.7 Å². The Kier molecular flexibility index (Phi) is 8.07. The Hall–Kier alpha value is -1.36. The van der Waals surface area contributed by atoms with Crippen LogP contribution in [0.15, 0.2) is 0 Å². The zero-order valence-electron chi connectivity index (χ0n) is 12.0. The molecule has 0 rings (SSSR count). The third-order valence-electron chi connectivity index (χ3n) is 2.45. The van der Waals surface area contributed by atoms with Crippen LogP contribution in [0.4, 0.5) is 0 Å². The zero-order chi connectivity index (χ0) is 15.0. The van der Waals surface area contributed by atoms with Crippen molar-refractivity contribution >= 4 is 23.1 Å². The second-order valence-electron chi connectivity index (χ2n) is 5.00. The van der Waals surface area contributed by atoms with Crippen molar-refractivity contribution in [1.82, 2.24) is 0 Å². The van der Waals surface area contributed by atoms with Gasteiger partial charge < -0.3 is 4.74 Å². The first-order valence-corrected chi connectivity index (χ1v) is 6.34. The minimum Gasteiger partial charge on any atom is -0.373 e. The van der Waals surface area contributed by atoms with E-state index in [0.717, 1.165) is 0 Å². The molecular formula is C14H22O5. The Morgan fingerprint density at radius 2 is 0.842 bits per heavy atom. The van der Waals surface area contributed by atoms with Crippen LogP contribution in [0.25, 0.3) is 0 Å². The molecule has 0 bridgehead atoms. The van der Waals surface area contributed by atoms with Crippen molar-refractivity contribution in [1.29, 1.82) is 0 Å². The van der Waals surface area contributed by atoms with Crippen LogP contribution < -0.4 is 0 Å². The zero-order valence-corrected chi connectivity index (χ0v) is 12.0. The fourth-order valence-electron chi connectivity index (χ4n) is 1.89. The van der Waals surface area contributed by atoms with Gasteiger partial charge in [0.1, 0.15) is 23.1 Å². The van der Waals surface area contributed by atoms with E-state index in [1.54, 1.807) is 0 Å². The smallest absolute Gasteiger partial charge is 0.132 e. The van der Waals surface area contributed by atoms with E-state index in [9.17, 15) is 19.2 Å². The molecule has 0 atom stereocenters. The number of carbonyl (C=O) groups excluding carboxylic acids is 4. The summed E-state index contributed by atoms with van der Waals surface area (Å²) in [4.78, 5) is 44.5. The molecule has 0 heterocycles. The fourth-order valence-corrected chi connectivity index (χ4v) is 1.89. The second kappa shape index (κ2) is 8.69. The molecule has 0 aliphatic rings. The summed E-state index contributed by atoms with van der Waals surface area (Å²) in [5, 5.41) is 0. The molecule has 5 nitrogen and oxygen atoms in total. The van der Waals surface area contributed by atoms with Crippen LogP contribution in [0.1, 0.15) is 53.4 Å². The maximum Gasteiger partial charge on any atom is 0.132 e. The third-order valence-corrected chi connectivity index (χ3v) is 2.45. The number of ketones is 4. The number of hydrogen-bond donors (Lipinski definition) is 0. The van der Waals surface area contributed by atoms with E-state index in [1.165, 1.54) is 27.7 Å². The molecule has 0 amide bonds. The van der Waals surface area contributed by atoms with Gasteiger partial charge in [-0.25, -0.2) is 0 Å². The summed E-state index contributed by atoms with van der Waals surface area (Å²) in [6, 6.07) is 0. The second-order valence-corrected chi connectivity index (χ2v) is 5.00. The van der Waals surface area contributed by atoms with Crippen LogP contribution in [0.5, 0.6) is 0 Å². The topological polar surface area (TPSA) is 77.5 Å². The lowest BCUT2D eigenvalue weighted by molar-refractivity contribution is -0.130. The first kappa shape index (κ1) is 17.6. The summed E-state index contributed by atoms with van der Waals surface area (Å²) in [6.45, 7) is 5.67. The van der Waals surface area contributed by atoms with Gasteiger partial charge in [-0.05, 0) is 27.7 Å². The summed E-state index contributed by atoms with van der Waals surface area (Å²) in [5.74, 6) is -0.349. The van der Waals surface area contributed by atoms with Crippen molar-refractivity contribution in [3.05, 3.63) is 0 Å². The summed E-state index contributed by atoms with van der Waals surface area (Å²) in [6.07, 6.45) is -0.646. The quantitative estimate of drug-likeness (QED) is 0.603. The SMILES string of the molecule is CC(=O)CC(CC(C)=O)OC(CC(C)=O)CC(C)=O. The van der Waals surface area contributed by atoms with E-state index in [2.05, 4.69) is 0 Å². The Morgan fingerprint density at radius 3 is 1.00 bits per heavy atom. The molecule has 0 saturated heterocycles. The molecule has 0 spiro atoms. The molecular weight excluding hydrogens is 248 g/mol. The predicted molar refractivity (Wildman–Crippen MR) is 69.9 cm³/mol. The highest BCUT2D eigenvalue weighted by atomic mass is 16.5. The van der Waals surface area contributed by atoms with Crippen LogP contribution in [0.2, 0.25) is 0 Å². The number of ether oxygens (including phenoxy) is 1. The molecule has 0 aliphatic heterocycles. The molecule has 0 aromatic rings. The molecule has 0 fully saturated rings. The number of hydrogen-bond acceptors (Lipinski definition) is 5. The van der Waals surface area contributed by atoms with E-state index in [-0.39, 0.29) is 48.8 Å². The van der Waals surface area contributed by atoms with Crippen molar-refractivity contribution < 1.29 is 23.9 Å². The van der Waals surface area contributed by atoms with Gasteiger partial charge in [0.15, 0.2) is 0 Å². The van der Waals surface area contributed by atoms with Gasteiger partial charge in [-0.2, -0.15) is 0 Å². The van der Waals surface area contributed by atoms with Crippen molar-refractivity contribution in [2.45, 2.75) is 65.6 Å². The van der Waals surface area contributed by atoms with Crippen LogP contribution in [0.3, 0.4) is 0 Å². The standard InChI is InChI=1S/C14H22O5/c1-9(15)5-13(6-10(2)16)19-14(7-11(3)17)8-12(4)18/h13-14H,5-8H2,1-4H3. The molecule has 0 aliphatic carbocycles. The molecule has 108 valence electrons. The van der Waals surface area contributed by atoms with Crippen LogP contribution >= 0.6 is 0 Å². The van der Waals surface area contributed by atoms with Gasteiger partial charge in [0.2, 0.25) is 0 Å². The minimum atomic E-state index is -0.557. The highest BCUT2D eigenvalue weighted by molar-refractivity contribution is 5.80. The molecule has 0 aromatic heterocycles. The van der Waals surface area contributed by atoms with Gasteiger partial charge in [-0.15, -0.1) is 0 Å². The van der Waals surface area contributed by atoms with Gasteiger partial charge in [0.05, 0.1) is 12.2 Å². The largest absolute Gasteiger partial charge is 0.373 e. The summed E-state index contributed by atoms with van der Waals surface area (Å²) in [5.41, 5.74) is 0. The number of Topliss-reactive ketones (excluding diaryl/α,β-unsaturated/α-hetero) is 4. The van der Waals surface area contributed by atoms with Gasteiger partial charge in [-0.3, -0.25) is 19.2 Å². The Bertz CT molecular complexity index is 293. The van der Waals surface area contributed by atoms with Crippen LogP contribution in [-0.4, -0.2) is 35.3 Å². The minimum absolute atomic E-state index is 0.0874. The Labute approximate surface area is 113 Å². The van der Waals surface area contributed by atoms with E-state index in [1.807, 2.05) is 0 Å². The highest BCUT2D eigenvalue weighted by Gasteiger charge is 2.22. The molecule has 0 unspecified atom stereocenters. The average molecular weight is 270 g/mol. The molecule has 0 aromatic carbocycles. The van der Waals surface area contributed by atoms with Crippen molar-refractivity contribution in [2.24, 2.45) is 0 Å². The van der Waals surface area contributed by atoms with Gasteiger partial charge in [-0.1, -0.05) is 0 Å². The van der Waals surface area contributed by atoms with Crippen molar-refractivity contribution in [3.8, 4) is 0 Å². The van der Waals surface area contributed by atoms with Crippen molar-refractivity contribution in [3.63, 3.8) is 0 Å². The molecule has 0 N–H and O–H groups in total. The Morgan fingerprint density at radius 1 is 0.632 bits per heavy atom. The lowest BCUT2D eigenvalue weighted by atomic mass is 10.1. The molecule has 0 radical (unpaired) electrons. The van der Waals surface area contributed by atoms with E-state index in [4.69, 9.17) is 4.74 Å². The van der Waals surface area contributed by atoms with Gasteiger partial charge in [0.25, 0.3) is 0 Å². The number of rotatable bonds is 10. The average Bonchev–Trinajstić information content (AvgIpc) is 2.11. The van der Waals surface area contributed by atoms with Crippen LogP contribution in [-0.2, 0) is 23.9 Å². The lowest BCUT2D eigenvalue weighted by Crippen LogP contribution is -2.28. The lowest BCUT2D eigenvalue weighted by Gasteiger charge is -2.22. The maximum absolute atomic E-state index is 11.1. The summed E-state index contributed by atoms with van der Waals surface area (Å²) in [7, 11) is 0. The molecule has 19 heavy (non-hydrogen) atoms. The van der Waals surface area contributed by atoms with Gasteiger partial charge >= 0.3 is 0 Å². The molecule has 5 heteroatoms. The normalized spacial score (nSPS) is 10.8. The summed E-state index contributed by atoms with van der Waals surface area (Å²) >= 11 is 0. The molecule has 0 saturated carbocycles. The van der Waals surface area contributed by atoms with E-state index >= 15 is 0 Å². The Balaban J connectivity index is 4.68. The first-order chi connectivity index (χ1) is 8.70. The van der Waals surface area contributed by atoms with Crippen molar-refractivity contribution in [2.75, 3.05) is 0 Å². The third kappa shape index (κ3) is 10.3. The van der Waals surface area contributed by atoms with Crippen LogP contribution in [0, 0.1) is 0 Å². The maximum atomic E-state index is 11.1. The summed E-state index contributed by atoms with van der Waals surface area (Å²) < 4.78 is 5.61. The highest BCUT2D eigenvalue weighted by Crippen LogP contribution is 2.14. The van der Waals surface area contributed by atoms with E-state index < -0.39 is 12.2 Å². The first-order valence-electron chi connectivity index (χ1n) is 6.34. The monoisotopic (exact) mass is 270 g/mol. The number of carbonyl (C=O) groups is 4.